The third-order valence-electron chi connectivity index (χ3n) is 1.15. The standard InChI is InChI=1S/C4F6N2O2/c5-3(6,7)1-2(4(8,9)10)12(13)14-11-1. The van der Waals surface area contributed by atoms with Gasteiger partial charge in [-0.1, -0.05) is 0 Å². The molecule has 0 spiro atoms. The Kier molecular flexibility index (Phi) is 2.08. The maximum atomic E-state index is 11.9. The first-order valence-electron chi connectivity index (χ1n) is 2.88. The number of hydrogen-bond acceptors (Lipinski definition) is 3. The molecule has 0 saturated heterocycles. The Bertz CT molecular complexity index is 339. The van der Waals surface area contributed by atoms with Gasteiger partial charge in [-0.05, 0) is 4.90 Å². The summed E-state index contributed by atoms with van der Waals surface area (Å²) in [5.74, 6) is 0. The predicted octanol–water partition coefficient (Wildman–Crippen LogP) is 1.35. The minimum absolute atomic E-state index is 1.33. The summed E-state index contributed by atoms with van der Waals surface area (Å²) in [5, 5.41) is 12.2. The third-order valence-corrected chi connectivity index (χ3v) is 1.15. The van der Waals surface area contributed by atoms with Crippen molar-refractivity contribution in [3.05, 3.63) is 16.6 Å². The number of halogens is 6. The summed E-state index contributed by atoms with van der Waals surface area (Å²) in [6.07, 6.45) is -10.9. The van der Waals surface area contributed by atoms with Gasteiger partial charge in [0.15, 0.2) is 0 Å². The monoisotopic (exact) mass is 222 g/mol. The molecular weight excluding hydrogens is 222 g/mol. The van der Waals surface area contributed by atoms with Gasteiger partial charge in [-0.3, -0.25) is 4.63 Å². The predicted molar refractivity (Wildman–Crippen MR) is 25.5 cm³/mol. The summed E-state index contributed by atoms with van der Waals surface area (Å²) in [6, 6.07) is 0. The van der Waals surface area contributed by atoms with Crippen LogP contribution in [-0.2, 0) is 12.4 Å². The first-order valence-corrected chi connectivity index (χ1v) is 2.88. The molecule has 0 aromatic carbocycles. The lowest BCUT2D eigenvalue weighted by molar-refractivity contribution is -0.815. The number of alkyl halides is 6. The summed E-state index contributed by atoms with van der Waals surface area (Å²) < 4.78 is 74.2. The maximum Gasteiger partial charge on any atom is 0.464 e. The summed E-state index contributed by atoms with van der Waals surface area (Å²) in [7, 11) is 0. The molecule has 1 aromatic heterocycles. The molecule has 0 fully saturated rings. The fourth-order valence-electron chi connectivity index (χ4n) is 0.672. The molecule has 80 valence electrons. The van der Waals surface area contributed by atoms with E-state index >= 15 is 0 Å². The van der Waals surface area contributed by atoms with Crippen LogP contribution in [0, 0.1) is 5.21 Å². The van der Waals surface area contributed by atoms with E-state index in [1.807, 2.05) is 5.16 Å². The van der Waals surface area contributed by atoms with Crippen molar-refractivity contribution < 1.29 is 35.9 Å². The molecule has 0 unspecified atom stereocenters. The van der Waals surface area contributed by atoms with Gasteiger partial charge in [0.1, 0.15) is 0 Å². The van der Waals surface area contributed by atoms with E-state index in [-0.39, 0.29) is 0 Å². The maximum absolute atomic E-state index is 11.9. The molecule has 0 aliphatic heterocycles. The van der Waals surface area contributed by atoms with Crippen molar-refractivity contribution in [1.82, 2.24) is 5.16 Å². The quantitative estimate of drug-likeness (QED) is 0.491. The zero-order valence-electron chi connectivity index (χ0n) is 5.98. The molecule has 1 aromatic rings. The molecule has 0 radical (unpaired) electrons. The molecule has 4 nitrogen and oxygen atoms in total. The minimum atomic E-state index is -5.47. The molecular formula is C4F6N2O2. The first-order chi connectivity index (χ1) is 6.14. The Morgan fingerprint density at radius 1 is 1.07 bits per heavy atom. The van der Waals surface area contributed by atoms with E-state index in [4.69, 9.17) is 0 Å². The van der Waals surface area contributed by atoms with Crippen LogP contribution in [0.15, 0.2) is 4.63 Å². The van der Waals surface area contributed by atoms with Crippen LogP contribution in [0.5, 0.6) is 0 Å². The highest BCUT2D eigenvalue weighted by atomic mass is 19.4. The van der Waals surface area contributed by atoms with Gasteiger partial charge in [0.05, 0.1) is 5.16 Å². The van der Waals surface area contributed by atoms with Crippen LogP contribution < -0.4 is 4.90 Å². The van der Waals surface area contributed by atoms with E-state index in [0.29, 0.717) is 0 Å². The van der Waals surface area contributed by atoms with Gasteiger partial charge in [0, 0.05) is 0 Å². The van der Waals surface area contributed by atoms with E-state index < -0.39 is 28.6 Å². The molecule has 14 heavy (non-hydrogen) atoms. The zero-order chi connectivity index (χ0) is 11.1. The SMILES string of the molecule is [O-][n+]1onc(C(F)(F)F)c1C(F)(F)F. The van der Waals surface area contributed by atoms with Crippen LogP contribution in [0.3, 0.4) is 0 Å². The van der Waals surface area contributed by atoms with Gasteiger partial charge in [0.2, 0.25) is 0 Å². The van der Waals surface area contributed by atoms with Gasteiger partial charge in [-0.15, -0.1) is 0 Å². The van der Waals surface area contributed by atoms with Crippen LogP contribution >= 0.6 is 0 Å². The normalized spacial score (nSPS) is 13.3. The highest BCUT2D eigenvalue weighted by Gasteiger charge is 2.54. The topological polar surface area (TPSA) is 53.0 Å². The van der Waals surface area contributed by atoms with Gasteiger partial charge >= 0.3 is 23.7 Å². The van der Waals surface area contributed by atoms with Crippen molar-refractivity contribution in [3.63, 3.8) is 0 Å². The second-order valence-corrected chi connectivity index (χ2v) is 2.12. The smallest absolute Gasteiger partial charge is 0.359 e. The highest BCUT2D eigenvalue weighted by Crippen LogP contribution is 2.36. The fraction of sp³-hybridized carbons (Fsp3) is 0.500. The Labute approximate surface area is 71.2 Å². The second-order valence-electron chi connectivity index (χ2n) is 2.12. The molecule has 0 atom stereocenters. The van der Waals surface area contributed by atoms with Crippen molar-refractivity contribution >= 4 is 0 Å². The molecule has 0 saturated carbocycles. The van der Waals surface area contributed by atoms with Gasteiger partial charge in [0.25, 0.3) is 0 Å². The van der Waals surface area contributed by atoms with E-state index in [0.717, 1.165) is 0 Å². The van der Waals surface area contributed by atoms with E-state index in [2.05, 4.69) is 4.63 Å². The minimum Gasteiger partial charge on any atom is -0.359 e. The molecule has 10 heteroatoms. The summed E-state index contributed by atoms with van der Waals surface area (Å²) in [4.78, 5) is -1.33. The average molecular weight is 222 g/mol. The van der Waals surface area contributed by atoms with Crippen LogP contribution in [0.25, 0.3) is 0 Å². The van der Waals surface area contributed by atoms with Gasteiger partial charge in [-0.2, -0.15) is 26.3 Å². The highest BCUT2D eigenvalue weighted by molar-refractivity contribution is 5.10. The van der Waals surface area contributed by atoms with Crippen molar-refractivity contribution in [2.45, 2.75) is 12.4 Å². The number of aromatic nitrogens is 2. The number of rotatable bonds is 0. The van der Waals surface area contributed by atoms with Crippen molar-refractivity contribution in [2.75, 3.05) is 0 Å². The van der Waals surface area contributed by atoms with Crippen LogP contribution in [0.4, 0.5) is 26.3 Å². The van der Waals surface area contributed by atoms with Gasteiger partial charge < -0.3 is 5.21 Å². The second kappa shape index (κ2) is 2.75. The third kappa shape index (κ3) is 1.72. The van der Waals surface area contributed by atoms with Crippen molar-refractivity contribution in [1.29, 1.82) is 0 Å². The van der Waals surface area contributed by atoms with Crippen LogP contribution in [0.2, 0.25) is 0 Å². The summed E-state index contributed by atoms with van der Waals surface area (Å²) in [6.45, 7) is 0. The lowest BCUT2D eigenvalue weighted by Gasteiger charge is -2.03. The van der Waals surface area contributed by atoms with Crippen molar-refractivity contribution in [3.8, 4) is 0 Å². The number of nitrogens with zero attached hydrogens (tertiary/aromatic N) is 2. The molecule has 0 amide bonds. The molecule has 0 bridgehead atoms. The Morgan fingerprint density at radius 2 is 1.57 bits per heavy atom. The van der Waals surface area contributed by atoms with Gasteiger partial charge in [-0.25, -0.2) is 0 Å². The molecule has 0 N–H and O–H groups in total. The largest absolute Gasteiger partial charge is 0.464 e. The lowest BCUT2D eigenvalue weighted by Crippen LogP contribution is -2.35. The van der Waals surface area contributed by atoms with Crippen LogP contribution in [-0.4, -0.2) is 5.16 Å². The average Bonchev–Trinajstić information content (AvgIpc) is 2.27. The fourth-order valence-corrected chi connectivity index (χ4v) is 0.672. The molecule has 0 aliphatic carbocycles. The lowest BCUT2D eigenvalue weighted by atomic mass is 10.3. The van der Waals surface area contributed by atoms with Crippen LogP contribution in [0.1, 0.15) is 11.4 Å². The Balaban J connectivity index is 3.35. The first kappa shape index (κ1) is 10.6. The summed E-state index contributed by atoms with van der Waals surface area (Å²) >= 11 is 0. The Morgan fingerprint density at radius 3 is 1.86 bits per heavy atom. The zero-order valence-corrected chi connectivity index (χ0v) is 5.98. The van der Waals surface area contributed by atoms with Crippen molar-refractivity contribution in [2.24, 2.45) is 0 Å². The van der Waals surface area contributed by atoms with E-state index in [9.17, 15) is 31.5 Å². The summed E-state index contributed by atoms with van der Waals surface area (Å²) in [5.41, 5.74) is -4.90. The Hall–Kier alpha value is -1.48. The van der Waals surface area contributed by atoms with E-state index in [1.54, 1.807) is 0 Å². The number of hydrogen-bond donors (Lipinski definition) is 0. The molecule has 0 aliphatic rings. The van der Waals surface area contributed by atoms with E-state index in [1.165, 1.54) is 0 Å². The molecule has 1 heterocycles. The molecule has 1 rings (SSSR count).